The van der Waals surface area contributed by atoms with Crippen LogP contribution in [0.1, 0.15) is 62.0 Å². The Morgan fingerprint density at radius 3 is 1.70 bits per heavy atom. The molecule has 292 valence electrons. The average Bonchev–Trinajstić information content (AvgIpc) is 4.07. The molecule has 0 radical (unpaired) electrons. The first-order chi connectivity index (χ1) is 27.1. The molecule has 4 atom stereocenters. The minimum absolute atomic E-state index is 0.177. The molecular weight excluding hydrogens is 717 g/mol. The molecule has 2 fully saturated rings. The second-order valence-electron chi connectivity index (χ2n) is 14.2. The highest BCUT2D eigenvalue weighted by molar-refractivity contribution is 5.87. The number of H-pyrrole nitrogens is 2. The number of hydrogen-bond acceptors (Lipinski definition) is 9. The lowest BCUT2D eigenvalue weighted by Crippen LogP contribution is -2.49. The van der Waals surface area contributed by atoms with Crippen LogP contribution >= 0.6 is 0 Å². The molecule has 3 aromatic heterocycles. The fourth-order valence-electron chi connectivity index (χ4n) is 7.55. The van der Waals surface area contributed by atoms with Gasteiger partial charge < -0.3 is 44.4 Å². The van der Waals surface area contributed by atoms with Gasteiger partial charge >= 0.3 is 12.2 Å². The second kappa shape index (κ2) is 16.5. The molecule has 4 N–H and O–H groups in total. The van der Waals surface area contributed by atoms with Crippen molar-refractivity contribution in [1.29, 1.82) is 0 Å². The highest BCUT2D eigenvalue weighted by Gasteiger charge is 2.37. The van der Waals surface area contributed by atoms with Crippen molar-refractivity contribution in [2.45, 2.75) is 63.2 Å². The lowest BCUT2D eigenvalue weighted by atomic mass is 10.0. The van der Waals surface area contributed by atoms with Crippen LogP contribution < -0.4 is 10.6 Å². The van der Waals surface area contributed by atoms with Crippen molar-refractivity contribution in [1.82, 2.24) is 49.9 Å². The molecule has 4 amide bonds. The van der Waals surface area contributed by atoms with Crippen LogP contribution in [0.15, 0.2) is 73.4 Å². The monoisotopic (exact) mass is 762 g/mol. The van der Waals surface area contributed by atoms with E-state index >= 15 is 0 Å². The summed E-state index contributed by atoms with van der Waals surface area (Å²) in [6.07, 6.45) is 9.17. The van der Waals surface area contributed by atoms with Crippen molar-refractivity contribution in [2.75, 3.05) is 27.3 Å². The molecule has 0 bridgehead atoms. The van der Waals surface area contributed by atoms with Gasteiger partial charge in [-0.3, -0.25) is 9.59 Å². The van der Waals surface area contributed by atoms with Gasteiger partial charge in [0.15, 0.2) is 0 Å². The highest BCUT2D eigenvalue weighted by atomic mass is 16.5. The zero-order valence-electron chi connectivity index (χ0n) is 31.8. The summed E-state index contributed by atoms with van der Waals surface area (Å²) in [6.45, 7) is 2.79. The number of amides is 4. The van der Waals surface area contributed by atoms with E-state index in [4.69, 9.17) is 4.74 Å². The van der Waals surface area contributed by atoms with Crippen molar-refractivity contribution in [3.63, 3.8) is 0 Å². The van der Waals surface area contributed by atoms with Crippen molar-refractivity contribution in [3.8, 4) is 33.6 Å². The SMILES string of the molecule is COC(=O)N[C@@H](Cc1cn(C)cn1)C(=O)N1CCC[C@H]1c1ncc(-c2ccc(-c3ccc(-c4cnc([C@@H]5CCCN5C(=O)[C@@H](C)NC(=O)OC)[nH]4)cc3)cc2)[nH]1. The Hall–Kier alpha value is -6.45. The maximum atomic E-state index is 13.8. The minimum Gasteiger partial charge on any atom is -0.453 e. The van der Waals surface area contributed by atoms with Crippen molar-refractivity contribution in [3.05, 3.63) is 90.8 Å². The molecule has 2 aliphatic heterocycles. The Labute approximate surface area is 324 Å². The number of likely N-dealkylation sites (tertiary alicyclic amines) is 2. The van der Waals surface area contributed by atoms with Crippen LogP contribution in [0.4, 0.5) is 9.59 Å². The molecule has 0 saturated carbocycles. The second-order valence-corrected chi connectivity index (χ2v) is 14.2. The number of rotatable bonds is 11. The highest BCUT2D eigenvalue weighted by Crippen LogP contribution is 2.34. The van der Waals surface area contributed by atoms with Crippen molar-refractivity contribution < 1.29 is 28.7 Å². The maximum absolute atomic E-state index is 13.8. The first kappa shape index (κ1) is 37.8. The zero-order chi connectivity index (χ0) is 39.3. The molecule has 2 saturated heterocycles. The third-order valence-electron chi connectivity index (χ3n) is 10.5. The number of aromatic nitrogens is 6. The van der Waals surface area contributed by atoms with E-state index in [1.807, 2.05) is 37.5 Å². The quantitative estimate of drug-likeness (QED) is 0.145. The fraction of sp³-hybridized carbons (Fsp3) is 0.375. The van der Waals surface area contributed by atoms with Crippen molar-refractivity contribution >= 4 is 24.0 Å². The first-order valence-corrected chi connectivity index (χ1v) is 18.7. The topological polar surface area (TPSA) is 192 Å². The van der Waals surface area contributed by atoms with E-state index in [0.29, 0.717) is 30.4 Å². The van der Waals surface area contributed by atoms with E-state index in [9.17, 15) is 19.2 Å². The number of carbonyl (C=O) groups excluding carboxylic acids is 4. The van der Waals surface area contributed by atoms with E-state index < -0.39 is 24.3 Å². The number of ether oxygens (including phenoxy) is 2. The summed E-state index contributed by atoms with van der Waals surface area (Å²) in [5.41, 5.74) is 6.40. The van der Waals surface area contributed by atoms with E-state index in [-0.39, 0.29) is 30.3 Å². The summed E-state index contributed by atoms with van der Waals surface area (Å²) in [5, 5.41) is 5.25. The number of imidazole rings is 3. The van der Waals surface area contributed by atoms with E-state index in [2.05, 4.69) is 64.6 Å². The molecule has 0 aliphatic carbocycles. The van der Waals surface area contributed by atoms with Crippen LogP contribution in [0.3, 0.4) is 0 Å². The standard InChI is InChI=1S/C40H46N10O6/c1-24(44-39(53)55-3)37(51)49-17-5-7-33(49)35-41-20-31(45-35)27-13-9-25(10-14-27)26-11-15-28(16-12-26)32-21-42-36(46-32)34-8-6-18-50(34)38(52)30(47-40(54)56-4)19-29-22-48(2)23-43-29/h9-16,20-24,30,33-34H,5-8,17-19H2,1-4H3,(H,41,45)(H,42,46)(H,44,53)(H,47,54)/t24-,30+,33+,34+/m1/s1. The zero-order valence-corrected chi connectivity index (χ0v) is 31.8. The van der Waals surface area contributed by atoms with Gasteiger partial charge in [-0.2, -0.15) is 0 Å². The predicted octanol–water partition coefficient (Wildman–Crippen LogP) is 4.91. The summed E-state index contributed by atoms with van der Waals surface area (Å²) in [5.74, 6) is 1.02. The van der Waals surface area contributed by atoms with Gasteiger partial charge in [0.2, 0.25) is 11.8 Å². The molecule has 16 heteroatoms. The Morgan fingerprint density at radius 1 is 0.732 bits per heavy atom. The van der Waals surface area contributed by atoms with Gasteiger partial charge in [0.05, 0.1) is 62.1 Å². The molecule has 0 unspecified atom stereocenters. The number of benzene rings is 2. The van der Waals surface area contributed by atoms with Crippen LogP contribution in [-0.4, -0.2) is 103 Å². The molecule has 7 rings (SSSR count). The molecule has 5 aromatic rings. The van der Waals surface area contributed by atoms with E-state index in [0.717, 1.165) is 59.3 Å². The largest absolute Gasteiger partial charge is 0.453 e. The van der Waals surface area contributed by atoms with Crippen LogP contribution in [0.2, 0.25) is 0 Å². The predicted molar refractivity (Wildman–Crippen MR) is 206 cm³/mol. The van der Waals surface area contributed by atoms with Crippen LogP contribution in [0.5, 0.6) is 0 Å². The van der Waals surface area contributed by atoms with Gasteiger partial charge in [0.1, 0.15) is 23.7 Å². The van der Waals surface area contributed by atoms with Gasteiger partial charge in [-0.15, -0.1) is 0 Å². The minimum atomic E-state index is -0.834. The third-order valence-corrected chi connectivity index (χ3v) is 10.5. The summed E-state index contributed by atoms with van der Waals surface area (Å²) in [4.78, 5) is 74.8. The molecule has 16 nitrogen and oxygen atoms in total. The van der Waals surface area contributed by atoms with Crippen LogP contribution in [-0.2, 0) is 32.5 Å². The van der Waals surface area contributed by atoms with Crippen LogP contribution in [0, 0.1) is 0 Å². The molecular formula is C40H46N10O6. The Bertz CT molecular complexity index is 2170. The van der Waals surface area contributed by atoms with Gasteiger partial charge in [0.25, 0.3) is 0 Å². The van der Waals surface area contributed by atoms with Gasteiger partial charge in [-0.25, -0.2) is 24.5 Å². The van der Waals surface area contributed by atoms with Gasteiger partial charge in [-0.05, 0) is 54.9 Å². The number of carbonyl (C=O) groups is 4. The molecule has 5 heterocycles. The smallest absolute Gasteiger partial charge is 0.407 e. The van der Waals surface area contributed by atoms with E-state index in [1.165, 1.54) is 14.2 Å². The molecule has 2 aromatic carbocycles. The number of methoxy groups -OCH3 is 2. The number of aryl methyl sites for hydroxylation is 1. The van der Waals surface area contributed by atoms with Crippen molar-refractivity contribution in [2.24, 2.45) is 7.05 Å². The summed E-state index contributed by atoms with van der Waals surface area (Å²) in [7, 11) is 4.39. The number of alkyl carbamates (subject to hydrolysis) is 2. The van der Waals surface area contributed by atoms with Gasteiger partial charge in [-0.1, -0.05) is 48.5 Å². The summed E-state index contributed by atoms with van der Waals surface area (Å²) < 4.78 is 11.3. The van der Waals surface area contributed by atoms with Gasteiger partial charge in [0, 0.05) is 32.8 Å². The molecule has 56 heavy (non-hydrogen) atoms. The average molecular weight is 763 g/mol. The number of aromatic amines is 2. The Kier molecular flexibility index (Phi) is 11.2. The van der Waals surface area contributed by atoms with E-state index in [1.54, 1.807) is 40.0 Å². The lowest BCUT2D eigenvalue weighted by molar-refractivity contribution is -0.135. The number of hydrogen-bond donors (Lipinski definition) is 4. The normalized spacial score (nSPS) is 17.7. The Morgan fingerprint density at radius 2 is 1.21 bits per heavy atom. The lowest BCUT2D eigenvalue weighted by Gasteiger charge is -2.28. The third kappa shape index (κ3) is 8.13. The Balaban J connectivity index is 0.995. The number of nitrogens with one attached hydrogen (secondary N) is 4. The summed E-state index contributed by atoms with van der Waals surface area (Å²) >= 11 is 0. The molecule has 0 spiro atoms. The summed E-state index contributed by atoms with van der Waals surface area (Å²) in [6, 6.07) is 14.4. The molecule has 2 aliphatic rings. The number of nitrogens with zero attached hydrogens (tertiary/aromatic N) is 6. The first-order valence-electron chi connectivity index (χ1n) is 18.7. The fourth-order valence-corrected chi connectivity index (χ4v) is 7.55. The van der Waals surface area contributed by atoms with Crippen LogP contribution in [0.25, 0.3) is 33.6 Å². The maximum Gasteiger partial charge on any atom is 0.407 e.